The molecule has 3 aromatic carbocycles. The van der Waals surface area contributed by atoms with E-state index in [0.717, 1.165) is 12.3 Å². The lowest BCUT2D eigenvalue weighted by atomic mass is 10.1. The van der Waals surface area contributed by atoms with Crippen LogP contribution >= 0.6 is 0 Å². The molecule has 5 aromatic rings. The van der Waals surface area contributed by atoms with Crippen LogP contribution < -0.4 is 32.5 Å². The van der Waals surface area contributed by atoms with E-state index < -0.39 is 40.3 Å². The van der Waals surface area contributed by atoms with Crippen LogP contribution in [0, 0.1) is 5.82 Å². The predicted molar refractivity (Wildman–Crippen MR) is 146 cm³/mol. The van der Waals surface area contributed by atoms with Crippen molar-refractivity contribution in [3.05, 3.63) is 109 Å². The minimum absolute atomic E-state index is 0.0378. The third-order valence-electron chi connectivity index (χ3n) is 6.24. The fourth-order valence-electron chi connectivity index (χ4n) is 4.00. The van der Waals surface area contributed by atoms with Crippen molar-refractivity contribution in [3.8, 4) is 5.88 Å². The van der Waals surface area contributed by atoms with Gasteiger partial charge < -0.3 is 31.9 Å². The Kier molecular flexibility index (Phi) is 7.06. The summed E-state index contributed by atoms with van der Waals surface area (Å²) >= 11 is 0. The number of aromatic hydroxyl groups is 1. The Labute approximate surface area is 234 Å². The number of rotatable bonds is 9. The number of halogens is 1. The first kappa shape index (κ1) is 27.4. The third-order valence-corrected chi connectivity index (χ3v) is 6.24. The zero-order valence-corrected chi connectivity index (χ0v) is 21.3. The molecule has 2 amide bonds. The average molecular weight is 573 g/mol. The number of carbonyl (C=O) groups is 3. The second-order valence-corrected chi connectivity index (χ2v) is 9.05. The van der Waals surface area contributed by atoms with Crippen molar-refractivity contribution >= 4 is 40.6 Å². The normalized spacial score (nSPS) is 11.0. The van der Waals surface area contributed by atoms with E-state index in [0.29, 0.717) is 11.1 Å². The van der Waals surface area contributed by atoms with Crippen molar-refractivity contribution in [1.82, 2.24) is 25.0 Å². The lowest BCUT2D eigenvalue weighted by Gasteiger charge is -2.13. The van der Waals surface area contributed by atoms with Crippen molar-refractivity contribution < 1.29 is 29.0 Å². The Balaban J connectivity index is 1.32. The van der Waals surface area contributed by atoms with E-state index in [1.54, 1.807) is 0 Å². The Morgan fingerprint density at radius 1 is 0.905 bits per heavy atom. The fourth-order valence-corrected chi connectivity index (χ4v) is 4.00. The number of fused-ring (bicyclic) bond motifs is 1. The molecule has 0 fully saturated rings. The van der Waals surface area contributed by atoms with E-state index in [4.69, 9.17) is 10.8 Å². The summed E-state index contributed by atoms with van der Waals surface area (Å²) in [5.41, 5.74) is 3.94. The van der Waals surface area contributed by atoms with Gasteiger partial charge in [-0.2, -0.15) is 4.98 Å². The number of carbonyl (C=O) groups excluding carboxylic acids is 2. The van der Waals surface area contributed by atoms with Crippen molar-refractivity contribution in [2.45, 2.75) is 13.1 Å². The Morgan fingerprint density at radius 3 is 2.26 bits per heavy atom. The van der Waals surface area contributed by atoms with Gasteiger partial charge in [-0.1, -0.05) is 18.2 Å². The molecule has 0 saturated heterocycles. The fraction of sp³-hybridized carbons (Fsp3) is 0.0741. The molecule has 2 aromatic heterocycles. The number of nitrogen functional groups attached to an aromatic ring is 1. The predicted octanol–water partition coefficient (Wildman–Crippen LogP) is 1.05. The van der Waals surface area contributed by atoms with E-state index in [1.165, 1.54) is 46.9 Å². The summed E-state index contributed by atoms with van der Waals surface area (Å²) in [6, 6.07) is 10.9. The lowest BCUT2D eigenvalue weighted by molar-refractivity contribution is 0.0696. The van der Waals surface area contributed by atoms with Gasteiger partial charge in [0.2, 0.25) is 11.7 Å². The average Bonchev–Trinajstić information content (AvgIpc) is 3.37. The van der Waals surface area contributed by atoms with Gasteiger partial charge in [0.15, 0.2) is 0 Å². The number of hydrogen-bond acceptors (Lipinski definition) is 10. The van der Waals surface area contributed by atoms with E-state index in [1.807, 2.05) is 0 Å². The van der Waals surface area contributed by atoms with Gasteiger partial charge in [-0.05, 0) is 41.5 Å². The van der Waals surface area contributed by atoms with Gasteiger partial charge in [0.25, 0.3) is 22.7 Å². The molecule has 0 bridgehead atoms. The van der Waals surface area contributed by atoms with E-state index >= 15 is 0 Å². The highest BCUT2D eigenvalue weighted by molar-refractivity contribution is 5.98. The topological polar surface area (TPSA) is 218 Å². The SMILES string of the molecule is Nc1c(Nc2cc(CNC(=O)c3cc(C(=O)NCc4ccc(C(=O)O)cc4)nc4nc(O)cn34)ccc2F)c(=O)c1=O. The van der Waals surface area contributed by atoms with Crippen LogP contribution in [0.4, 0.5) is 21.5 Å². The van der Waals surface area contributed by atoms with Gasteiger partial charge in [-0.25, -0.2) is 14.2 Å². The molecular formula is C27H20FN7O7. The standard InChI is InChI=1S/C27H20FN7O7/c28-15-6-3-13(7-16(15)32-21-20(29)22(37)23(21)38)10-31-25(40)18-8-17(33-27-34-19(36)11-35(18)27)24(39)30-9-12-1-4-14(5-2-12)26(41)42/h1-8,11,32,36H,9-10,29H2,(H,30,39)(H,31,40)(H,41,42). The minimum atomic E-state index is -1.08. The van der Waals surface area contributed by atoms with Crippen LogP contribution in [0.15, 0.2) is 64.3 Å². The molecule has 42 heavy (non-hydrogen) atoms. The second-order valence-electron chi connectivity index (χ2n) is 9.05. The first-order valence-electron chi connectivity index (χ1n) is 12.1. The zero-order valence-electron chi connectivity index (χ0n) is 21.3. The zero-order chi connectivity index (χ0) is 30.1. The largest absolute Gasteiger partial charge is 0.492 e. The van der Waals surface area contributed by atoms with Crippen LogP contribution in [0.3, 0.4) is 0 Å². The number of benzene rings is 2. The summed E-state index contributed by atoms with van der Waals surface area (Å²) < 4.78 is 15.5. The number of nitrogens with one attached hydrogen (secondary N) is 3. The summed E-state index contributed by atoms with van der Waals surface area (Å²) in [5, 5.41) is 26.6. The van der Waals surface area contributed by atoms with E-state index in [2.05, 4.69) is 25.9 Å². The maximum Gasteiger partial charge on any atom is 0.335 e. The van der Waals surface area contributed by atoms with Gasteiger partial charge in [-0.15, -0.1) is 0 Å². The third kappa shape index (κ3) is 5.33. The number of imidazole rings is 1. The Morgan fingerprint density at radius 2 is 1.57 bits per heavy atom. The molecule has 212 valence electrons. The quantitative estimate of drug-likeness (QED) is 0.137. The van der Waals surface area contributed by atoms with Crippen LogP contribution in [0.5, 0.6) is 5.88 Å². The first-order valence-corrected chi connectivity index (χ1v) is 12.1. The van der Waals surface area contributed by atoms with Crippen molar-refractivity contribution in [2.75, 3.05) is 11.1 Å². The molecule has 0 atom stereocenters. The molecule has 14 nitrogen and oxygen atoms in total. The number of anilines is 3. The van der Waals surface area contributed by atoms with Crippen LogP contribution in [0.1, 0.15) is 42.5 Å². The highest BCUT2D eigenvalue weighted by Gasteiger charge is 2.21. The number of nitrogens with zero attached hydrogens (tertiary/aromatic N) is 3. The molecule has 0 aliphatic rings. The number of amides is 2. The van der Waals surface area contributed by atoms with Crippen molar-refractivity contribution in [3.63, 3.8) is 0 Å². The van der Waals surface area contributed by atoms with Gasteiger partial charge in [0, 0.05) is 13.1 Å². The maximum absolute atomic E-state index is 14.3. The Bertz CT molecular complexity index is 1960. The summed E-state index contributed by atoms with van der Waals surface area (Å²) in [7, 11) is 0. The molecular weight excluding hydrogens is 553 g/mol. The van der Waals surface area contributed by atoms with Crippen molar-refractivity contribution in [2.24, 2.45) is 0 Å². The summed E-state index contributed by atoms with van der Waals surface area (Å²) in [6.07, 6.45) is 1.14. The number of carboxylic acids is 1. The number of carboxylic acid groups (broad SMARTS) is 1. The highest BCUT2D eigenvalue weighted by atomic mass is 19.1. The molecule has 0 unspecified atom stereocenters. The summed E-state index contributed by atoms with van der Waals surface area (Å²) in [6.45, 7) is -0.0797. The molecule has 0 saturated carbocycles. The monoisotopic (exact) mass is 573 g/mol. The number of nitrogens with two attached hydrogens (primary N) is 1. The summed E-state index contributed by atoms with van der Waals surface area (Å²) in [5.74, 6) is -3.74. The van der Waals surface area contributed by atoms with Crippen LogP contribution in [0.25, 0.3) is 5.78 Å². The minimum Gasteiger partial charge on any atom is -0.492 e. The molecule has 2 heterocycles. The number of aromatic carboxylic acids is 1. The summed E-state index contributed by atoms with van der Waals surface area (Å²) in [4.78, 5) is 67.9. The molecule has 0 spiro atoms. The molecule has 5 rings (SSSR count). The van der Waals surface area contributed by atoms with Crippen molar-refractivity contribution in [1.29, 1.82) is 0 Å². The van der Waals surface area contributed by atoms with E-state index in [9.17, 15) is 33.5 Å². The second kappa shape index (κ2) is 10.8. The smallest absolute Gasteiger partial charge is 0.335 e. The van der Waals surface area contributed by atoms with Crippen LogP contribution in [-0.2, 0) is 13.1 Å². The van der Waals surface area contributed by atoms with Gasteiger partial charge >= 0.3 is 5.97 Å². The number of aromatic nitrogens is 3. The van der Waals surface area contributed by atoms with Crippen LogP contribution in [-0.4, -0.2) is 42.4 Å². The molecule has 0 radical (unpaired) electrons. The van der Waals surface area contributed by atoms with Gasteiger partial charge in [-0.3, -0.25) is 23.6 Å². The molecule has 15 heteroatoms. The van der Waals surface area contributed by atoms with Gasteiger partial charge in [0.05, 0.1) is 17.4 Å². The highest BCUT2D eigenvalue weighted by Crippen LogP contribution is 2.23. The first-order chi connectivity index (χ1) is 20.0. The molecule has 0 aliphatic heterocycles. The van der Waals surface area contributed by atoms with E-state index in [-0.39, 0.29) is 52.9 Å². The molecule has 0 aliphatic carbocycles. The molecule has 7 N–H and O–H groups in total. The number of hydrogen-bond donors (Lipinski definition) is 6. The lowest BCUT2D eigenvalue weighted by Crippen LogP contribution is -2.36. The maximum atomic E-state index is 14.3. The van der Waals surface area contributed by atoms with Gasteiger partial charge in [0.1, 0.15) is 28.6 Å². The van der Waals surface area contributed by atoms with Crippen LogP contribution in [0.2, 0.25) is 0 Å². The Hall–Kier alpha value is -6.12.